The molecule has 2 aromatic rings. The largest absolute Gasteiger partial charge is 0.477 e. The highest BCUT2D eigenvalue weighted by atomic mass is 19.1. The van der Waals surface area contributed by atoms with Crippen molar-refractivity contribution in [2.75, 3.05) is 44.4 Å². The van der Waals surface area contributed by atoms with Gasteiger partial charge in [-0.05, 0) is 19.9 Å². The van der Waals surface area contributed by atoms with Gasteiger partial charge in [0.2, 0.25) is 5.43 Å². The van der Waals surface area contributed by atoms with Gasteiger partial charge < -0.3 is 30.5 Å². The van der Waals surface area contributed by atoms with E-state index < -0.39 is 22.8 Å². The predicted molar refractivity (Wildman–Crippen MR) is 110 cm³/mol. The highest BCUT2D eigenvalue weighted by Crippen LogP contribution is 2.39. The lowest BCUT2D eigenvalue weighted by Crippen LogP contribution is -2.27. The molecule has 1 aliphatic heterocycles. The van der Waals surface area contributed by atoms with Crippen molar-refractivity contribution < 1.29 is 19.1 Å². The van der Waals surface area contributed by atoms with Crippen LogP contribution in [-0.4, -0.2) is 60.1 Å². The van der Waals surface area contributed by atoms with Crippen molar-refractivity contribution in [2.24, 2.45) is 11.1 Å². The predicted octanol–water partition coefficient (Wildman–Crippen LogP) is 0.809. The monoisotopic (exact) mass is 418 g/mol. The van der Waals surface area contributed by atoms with Crippen molar-refractivity contribution in [3.8, 4) is 0 Å². The van der Waals surface area contributed by atoms with Crippen LogP contribution in [0.25, 0.3) is 11.0 Å². The van der Waals surface area contributed by atoms with Gasteiger partial charge in [0, 0.05) is 31.2 Å². The first-order valence-corrected chi connectivity index (χ1v) is 9.63. The van der Waals surface area contributed by atoms with Crippen molar-refractivity contribution in [1.82, 2.24) is 14.9 Å². The number of aromatic carboxylic acids is 1. The second-order valence-electron chi connectivity index (χ2n) is 7.58. The summed E-state index contributed by atoms with van der Waals surface area (Å²) in [6, 6.07) is 0.0117. The number of anilines is 2. The summed E-state index contributed by atoms with van der Waals surface area (Å²) in [6.45, 7) is 1.37. The van der Waals surface area contributed by atoms with Crippen LogP contribution in [0.4, 0.5) is 15.9 Å². The molecule has 0 bridgehead atoms. The average molecular weight is 418 g/mol. The molecule has 4 rings (SSSR count). The molecule has 1 atom stereocenters. The molecule has 1 unspecified atom stereocenters. The fraction of sp³-hybridized carbons (Fsp3) is 0.474. The van der Waals surface area contributed by atoms with E-state index in [9.17, 15) is 14.7 Å². The number of nitrogen functional groups attached to an aromatic ring is 1. The quantitative estimate of drug-likeness (QED) is 0.587. The van der Waals surface area contributed by atoms with E-state index in [0.29, 0.717) is 19.6 Å². The lowest BCUT2D eigenvalue weighted by atomic mass is 10.1. The molecule has 0 radical (unpaired) electrons. The molecule has 1 saturated carbocycles. The number of carboxylic acids is 1. The number of hydrogen-bond donors (Lipinski definition) is 3. The third-order valence-corrected chi connectivity index (χ3v) is 5.52. The zero-order valence-corrected chi connectivity index (χ0v) is 16.7. The summed E-state index contributed by atoms with van der Waals surface area (Å²) in [7, 11) is 3.27. The van der Waals surface area contributed by atoms with Crippen LogP contribution in [-0.2, 0) is 4.84 Å². The van der Waals surface area contributed by atoms with Gasteiger partial charge >= 0.3 is 5.97 Å². The second-order valence-corrected chi connectivity index (χ2v) is 7.58. The highest BCUT2D eigenvalue weighted by molar-refractivity contribution is 5.98. The number of pyridine rings is 2. The number of oxime groups is 1. The van der Waals surface area contributed by atoms with Gasteiger partial charge in [0.05, 0.1) is 23.3 Å². The van der Waals surface area contributed by atoms with Crippen LogP contribution in [0.2, 0.25) is 0 Å². The summed E-state index contributed by atoms with van der Waals surface area (Å²) in [5.74, 6) is -2.21. The van der Waals surface area contributed by atoms with Gasteiger partial charge in [-0.1, -0.05) is 5.16 Å². The number of nitrogens with one attached hydrogen (secondary N) is 1. The van der Waals surface area contributed by atoms with Gasteiger partial charge in [0.1, 0.15) is 18.3 Å². The van der Waals surface area contributed by atoms with E-state index in [4.69, 9.17) is 10.6 Å². The molecule has 1 saturated heterocycles. The van der Waals surface area contributed by atoms with E-state index in [1.807, 2.05) is 7.05 Å². The second kappa shape index (κ2) is 7.56. The summed E-state index contributed by atoms with van der Waals surface area (Å²) >= 11 is 0. The third kappa shape index (κ3) is 3.24. The Kier molecular flexibility index (Phi) is 5.06. The van der Waals surface area contributed by atoms with E-state index >= 15 is 4.39 Å². The minimum absolute atomic E-state index is 0.00640. The minimum Gasteiger partial charge on any atom is -0.477 e. The third-order valence-electron chi connectivity index (χ3n) is 5.52. The Morgan fingerprint density at radius 2 is 2.23 bits per heavy atom. The molecular weight excluding hydrogens is 395 g/mol. The smallest absolute Gasteiger partial charge is 0.341 e. The van der Waals surface area contributed by atoms with Gasteiger partial charge in [-0.15, -0.1) is 0 Å². The molecule has 1 aliphatic carbocycles. The van der Waals surface area contributed by atoms with Gasteiger partial charge in [-0.25, -0.2) is 14.2 Å². The number of carbonyl (C=O) groups is 1. The van der Waals surface area contributed by atoms with Crippen LogP contribution in [0.15, 0.2) is 16.1 Å². The standard InChI is InChI=1S/C19H23FN6O4/c1-22-5-9-6-25(8-12(9)24-30-2)18-14(20)15(21)13-16(27)11(19(28)29)7-26(10-3-4-10)17(13)23-18/h7,9-10,22H,3-6,8H2,1-2H3,(H2,21,23)(H,28,29)/b24-12+. The van der Waals surface area contributed by atoms with Crippen LogP contribution < -0.4 is 21.4 Å². The van der Waals surface area contributed by atoms with Crippen molar-refractivity contribution in [1.29, 1.82) is 0 Å². The summed E-state index contributed by atoms with van der Waals surface area (Å²) in [5.41, 5.74) is 5.29. The molecule has 0 amide bonds. The lowest BCUT2D eigenvalue weighted by Gasteiger charge is -2.21. The number of aromatic nitrogens is 2. The molecule has 2 fully saturated rings. The molecule has 160 valence electrons. The maximum absolute atomic E-state index is 15.3. The molecule has 2 aromatic heterocycles. The molecule has 3 heterocycles. The highest BCUT2D eigenvalue weighted by Gasteiger charge is 2.34. The van der Waals surface area contributed by atoms with Crippen LogP contribution in [0, 0.1) is 11.7 Å². The molecule has 2 aliphatic rings. The van der Waals surface area contributed by atoms with Gasteiger partial charge in [-0.2, -0.15) is 0 Å². The Morgan fingerprint density at radius 3 is 2.83 bits per heavy atom. The van der Waals surface area contributed by atoms with Gasteiger partial charge in [0.15, 0.2) is 11.6 Å². The zero-order valence-electron chi connectivity index (χ0n) is 16.7. The number of nitrogens with zero attached hydrogens (tertiary/aromatic N) is 4. The van der Waals surface area contributed by atoms with E-state index in [-0.39, 0.29) is 34.5 Å². The van der Waals surface area contributed by atoms with Crippen LogP contribution >= 0.6 is 0 Å². The molecular formula is C19H23FN6O4. The first-order valence-electron chi connectivity index (χ1n) is 9.63. The molecule has 4 N–H and O–H groups in total. The average Bonchev–Trinajstić information content (AvgIpc) is 3.47. The van der Waals surface area contributed by atoms with E-state index in [1.54, 1.807) is 9.47 Å². The number of halogens is 1. The normalized spacial score (nSPS) is 20.3. The number of rotatable bonds is 6. The number of nitrogens with two attached hydrogens (primary N) is 1. The van der Waals surface area contributed by atoms with Crippen molar-refractivity contribution in [3.63, 3.8) is 0 Å². The fourth-order valence-corrected chi connectivity index (χ4v) is 3.92. The maximum atomic E-state index is 15.3. The van der Waals surface area contributed by atoms with E-state index in [2.05, 4.69) is 15.5 Å². The fourth-order valence-electron chi connectivity index (χ4n) is 3.92. The number of carboxylic acid groups (broad SMARTS) is 1. The SMILES string of the molecule is CNCC1CN(c2nc3c(c(N)c2F)c(=O)c(C(=O)O)cn3C2CC2)C/C1=N\OC. The van der Waals surface area contributed by atoms with Crippen LogP contribution in [0.3, 0.4) is 0 Å². The molecule has 0 aromatic carbocycles. The Balaban J connectivity index is 1.89. The molecule has 11 heteroatoms. The Morgan fingerprint density at radius 1 is 1.50 bits per heavy atom. The summed E-state index contributed by atoms with van der Waals surface area (Å²) < 4.78 is 16.9. The minimum atomic E-state index is -1.38. The summed E-state index contributed by atoms with van der Waals surface area (Å²) in [4.78, 5) is 35.3. The maximum Gasteiger partial charge on any atom is 0.341 e. The lowest BCUT2D eigenvalue weighted by molar-refractivity contribution is 0.0695. The van der Waals surface area contributed by atoms with Crippen LogP contribution in [0.1, 0.15) is 29.2 Å². The first kappa shape index (κ1) is 20.1. The Labute approximate surface area is 171 Å². The Hall–Kier alpha value is -3.21. The summed E-state index contributed by atoms with van der Waals surface area (Å²) in [5, 5.41) is 16.3. The Bertz CT molecular complexity index is 1110. The number of hydrogen-bond acceptors (Lipinski definition) is 8. The van der Waals surface area contributed by atoms with E-state index in [1.165, 1.54) is 13.3 Å². The van der Waals surface area contributed by atoms with E-state index in [0.717, 1.165) is 18.6 Å². The zero-order chi connectivity index (χ0) is 21.6. The first-order chi connectivity index (χ1) is 14.4. The van der Waals surface area contributed by atoms with Gasteiger partial charge in [-0.3, -0.25) is 4.79 Å². The van der Waals surface area contributed by atoms with Crippen molar-refractivity contribution in [3.05, 3.63) is 27.8 Å². The molecule has 0 spiro atoms. The van der Waals surface area contributed by atoms with Crippen LogP contribution in [0.5, 0.6) is 0 Å². The van der Waals surface area contributed by atoms with Crippen molar-refractivity contribution >= 4 is 34.2 Å². The molecule has 30 heavy (non-hydrogen) atoms. The summed E-state index contributed by atoms with van der Waals surface area (Å²) in [6.07, 6.45) is 2.93. The molecule has 10 nitrogen and oxygen atoms in total. The van der Waals surface area contributed by atoms with Gasteiger partial charge in [0.25, 0.3) is 0 Å². The topological polar surface area (TPSA) is 135 Å². The van der Waals surface area contributed by atoms with Crippen molar-refractivity contribution in [2.45, 2.75) is 18.9 Å². The number of fused-ring (bicyclic) bond motifs is 1.